The van der Waals surface area contributed by atoms with Gasteiger partial charge in [0.05, 0.1) is 25.4 Å². The molecule has 5 N–H and O–H groups in total. The van der Waals surface area contributed by atoms with Crippen molar-refractivity contribution in [3.8, 4) is 0 Å². The van der Waals surface area contributed by atoms with Crippen LogP contribution in [0.1, 0.15) is 32.1 Å². The molecule has 1 aliphatic carbocycles. The minimum absolute atomic E-state index is 0.403. The Balaban J connectivity index is 0.000000262. The van der Waals surface area contributed by atoms with Gasteiger partial charge in [-0.15, -0.1) is 0 Å². The van der Waals surface area contributed by atoms with Gasteiger partial charge in [-0.25, -0.2) is 0 Å². The first kappa shape index (κ1) is 14.5. The highest BCUT2D eigenvalue weighted by atomic mass is 16.3. The lowest BCUT2D eigenvalue weighted by atomic mass is 10.00. The molecule has 0 aromatic heterocycles. The van der Waals surface area contributed by atoms with Crippen molar-refractivity contribution >= 4 is 5.78 Å². The zero-order chi connectivity index (χ0) is 11.7. The molecule has 0 atom stereocenters. The number of nitrogens with two attached hydrogens (primary N) is 1. The van der Waals surface area contributed by atoms with Gasteiger partial charge >= 0.3 is 0 Å². The Morgan fingerprint density at radius 2 is 1.40 bits per heavy atom. The summed E-state index contributed by atoms with van der Waals surface area (Å²) in [6, 6.07) is 0. The summed E-state index contributed by atoms with van der Waals surface area (Å²) in [6.45, 7) is -1.21. The van der Waals surface area contributed by atoms with Crippen LogP contribution in [0.4, 0.5) is 0 Å². The SMILES string of the molecule is NC(CO)(CO)CO.O=C1CCCCC1. The van der Waals surface area contributed by atoms with Crippen LogP contribution in [0.25, 0.3) is 0 Å². The predicted octanol–water partition coefficient (Wildman–Crippen LogP) is -0.820. The minimum atomic E-state index is -1.21. The molecule has 0 unspecified atom stereocenters. The van der Waals surface area contributed by atoms with Crippen molar-refractivity contribution < 1.29 is 20.1 Å². The number of Topliss-reactive ketones (excluding diaryl/α,β-unsaturated/α-hetero) is 1. The third kappa shape index (κ3) is 6.57. The second-order valence-electron chi connectivity index (χ2n) is 3.94. The molecule has 1 saturated carbocycles. The number of aliphatic hydroxyl groups is 3. The van der Waals surface area contributed by atoms with Gasteiger partial charge in [-0.05, 0) is 12.8 Å². The Morgan fingerprint density at radius 1 is 1.00 bits per heavy atom. The highest BCUT2D eigenvalue weighted by Crippen LogP contribution is 2.12. The average molecular weight is 219 g/mol. The van der Waals surface area contributed by atoms with Crippen LogP contribution in [0.15, 0.2) is 0 Å². The number of hydrogen-bond donors (Lipinski definition) is 4. The quantitative estimate of drug-likeness (QED) is 0.496. The zero-order valence-electron chi connectivity index (χ0n) is 8.98. The molecular formula is C10H21NO4. The summed E-state index contributed by atoms with van der Waals surface area (Å²) in [4.78, 5) is 10.5. The maximum Gasteiger partial charge on any atom is 0.132 e. The second kappa shape index (κ2) is 7.76. The first-order valence-corrected chi connectivity index (χ1v) is 5.21. The van der Waals surface area contributed by atoms with Gasteiger partial charge < -0.3 is 21.1 Å². The Hall–Kier alpha value is -0.490. The maximum absolute atomic E-state index is 10.5. The molecule has 0 radical (unpaired) electrons. The number of ketones is 1. The number of rotatable bonds is 3. The lowest BCUT2D eigenvalue weighted by Gasteiger charge is -2.20. The van der Waals surface area contributed by atoms with Crippen molar-refractivity contribution in [1.82, 2.24) is 0 Å². The van der Waals surface area contributed by atoms with E-state index < -0.39 is 25.4 Å². The van der Waals surface area contributed by atoms with Crippen LogP contribution in [0.2, 0.25) is 0 Å². The lowest BCUT2D eigenvalue weighted by Crippen LogP contribution is -2.50. The van der Waals surface area contributed by atoms with Gasteiger partial charge in [0.1, 0.15) is 5.78 Å². The largest absolute Gasteiger partial charge is 0.394 e. The van der Waals surface area contributed by atoms with Gasteiger partial charge in [0, 0.05) is 12.8 Å². The third-order valence-corrected chi connectivity index (χ3v) is 2.36. The van der Waals surface area contributed by atoms with E-state index in [1.165, 1.54) is 6.42 Å². The highest BCUT2D eigenvalue weighted by molar-refractivity contribution is 5.78. The van der Waals surface area contributed by atoms with Gasteiger partial charge in [0.15, 0.2) is 0 Å². The van der Waals surface area contributed by atoms with E-state index in [2.05, 4.69) is 0 Å². The minimum Gasteiger partial charge on any atom is -0.394 e. The van der Waals surface area contributed by atoms with E-state index in [1.807, 2.05) is 0 Å². The van der Waals surface area contributed by atoms with Crippen molar-refractivity contribution in [2.45, 2.75) is 37.6 Å². The molecule has 15 heavy (non-hydrogen) atoms. The molecule has 1 rings (SSSR count). The molecule has 1 aliphatic rings. The average Bonchev–Trinajstić information content (AvgIpc) is 2.30. The number of carbonyl (C=O) groups excluding carboxylic acids is 1. The summed E-state index contributed by atoms with van der Waals surface area (Å²) in [5, 5.41) is 25.0. The summed E-state index contributed by atoms with van der Waals surface area (Å²) in [6.07, 6.45) is 5.24. The molecule has 0 heterocycles. The van der Waals surface area contributed by atoms with Crippen molar-refractivity contribution in [2.24, 2.45) is 5.73 Å². The Labute approximate surface area is 89.9 Å². The van der Waals surface area contributed by atoms with Gasteiger partial charge in [0.25, 0.3) is 0 Å². The summed E-state index contributed by atoms with van der Waals surface area (Å²) >= 11 is 0. The van der Waals surface area contributed by atoms with Crippen LogP contribution in [-0.4, -0.2) is 46.5 Å². The van der Waals surface area contributed by atoms with E-state index in [0.717, 1.165) is 25.7 Å². The normalized spacial score (nSPS) is 16.9. The molecule has 0 aliphatic heterocycles. The van der Waals surface area contributed by atoms with E-state index in [1.54, 1.807) is 0 Å². The van der Waals surface area contributed by atoms with Gasteiger partial charge in [-0.3, -0.25) is 4.79 Å². The molecule has 5 nitrogen and oxygen atoms in total. The lowest BCUT2D eigenvalue weighted by molar-refractivity contribution is -0.120. The Morgan fingerprint density at radius 3 is 1.53 bits per heavy atom. The van der Waals surface area contributed by atoms with Gasteiger partial charge in [-0.2, -0.15) is 0 Å². The molecule has 0 saturated heterocycles. The summed E-state index contributed by atoms with van der Waals surface area (Å²) < 4.78 is 0. The van der Waals surface area contributed by atoms with Crippen molar-refractivity contribution in [3.05, 3.63) is 0 Å². The highest BCUT2D eigenvalue weighted by Gasteiger charge is 2.20. The van der Waals surface area contributed by atoms with Crippen LogP contribution in [0.3, 0.4) is 0 Å². The molecule has 0 bridgehead atoms. The summed E-state index contributed by atoms with van der Waals surface area (Å²) in [7, 11) is 0. The molecule has 5 heteroatoms. The first-order valence-electron chi connectivity index (χ1n) is 5.21. The molecule has 1 fully saturated rings. The standard InChI is InChI=1S/C6H10O.C4H11NO3/c7-6-4-2-1-3-5-6;5-4(1-6,2-7)3-8/h1-5H2;6-8H,1-3,5H2. The predicted molar refractivity (Wildman–Crippen MR) is 56.3 cm³/mol. The fourth-order valence-corrected chi connectivity index (χ4v) is 1.10. The van der Waals surface area contributed by atoms with Crippen LogP contribution in [0.5, 0.6) is 0 Å². The van der Waals surface area contributed by atoms with Crippen molar-refractivity contribution in [2.75, 3.05) is 19.8 Å². The number of carbonyl (C=O) groups is 1. The third-order valence-electron chi connectivity index (χ3n) is 2.36. The van der Waals surface area contributed by atoms with E-state index in [4.69, 9.17) is 21.1 Å². The van der Waals surface area contributed by atoms with Gasteiger partial charge in [0.2, 0.25) is 0 Å². The molecule has 0 amide bonds. The molecular weight excluding hydrogens is 198 g/mol. The first-order chi connectivity index (χ1) is 7.08. The summed E-state index contributed by atoms with van der Waals surface area (Å²) in [5.41, 5.74) is 3.94. The molecule has 0 aromatic carbocycles. The molecule has 90 valence electrons. The van der Waals surface area contributed by atoms with Crippen molar-refractivity contribution in [1.29, 1.82) is 0 Å². The molecule has 0 spiro atoms. The number of aliphatic hydroxyl groups excluding tert-OH is 3. The molecule has 0 aromatic rings. The summed E-state index contributed by atoms with van der Waals surface area (Å²) in [5.74, 6) is 0.464. The second-order valence-corrected chi connectivity index (χ2v) is 3.94. The van der Waals surface area contributed by atoms with Crippen LogP contribution >= 0.6 is 0 Å². The topological polar surface area (TPSA) is 104 Å². The van der Waals surface area contributed by atoms with Gasteiger partial charge in [-0.1, -0.05) is 6.42 Å². The monoisotopic (exact) mass is 219 g/mol. The fourth-order valence-electron chi connectivity index (χ4n) is 1.10. The Bertz CT molecular complexity index is 164. The zero-order valence-corrected chi connectivity index (χ0v) is 8.98. The fraction of sp³-hybridized carbons (Fsp3) is 0.900. The van der Waals surface area contributed by atoms with E-state index in [9.17, 15) is 4.79 Å². The smallest absolute Gasteiger partial charge is 0.132 e. The Kier molecular flexibility index (Phi) is 7.50. The van der Waals surface area contributed by atoms with Crippen LogP contribution in [0, 0.1) is 0 Å². The van der Waals surface area contributed by atoms with Crippen molar-refractivity contribution in [3.63, 3.8) is 0 Å². The van der Waals surface area contributed by atoms with Crippen LogP contribution < -0.4 is 5.73 Å². The number of hydrogen-bond acceptors (Lipinski definition) is 5. The van der Waals surface area contributed by atoms with E-state index in [0.29, 0.717) is 5.78 Å². The maximum atomic E-state index is 10.5. The van der Waals surface area contributed by atoms with E-state index in [-0.39, 0.29) is 0 Å². The van der Waals surface area contributed by atoms with E-state index >= 15 is 0 Å². The van der Waals surface area contributed by atoms with Crippen LogP contribution in [-0.2, 0) is 4.79 Å².